The van der Waals surface area contributed by atoms with Gasteiger partial charge in [-0.3, -0.25) is 9.59 Å². The van der Waals surface area contributed by atoms with Crippen LogP contribution in [0.5, 0.6) is 17.2 Å². The first-order chi connectivity index (χ1) is 14.8. The van der Waals surface area contributed by atoms with Crippen LogP contribution in [0.4, 0.5) is 5.69 Å². The fourth-order valence-corrected chi connectivity index (χ4v) is 2.67. The van der Waals surface area contributed by atoms with Crippen LogP contribution in [0.25, 0.3) is 0 Å². The highest BCUT2D eigenvalue weighted by atomic mass is 16.5. The Hall–Kier alpha value is -3.75. The average Bonchev–Trinajstić information content (AvgIpc) is 2.74. The zero-order valence-electron chi connectivity index (χ0n) is 17.9. The van der Waals surface area contributed by atoms with E-state index in [9.17, 15) is 14.4 Å². The smallest absolute Gasteiger partial charge is 0.340 e. The number of carbonyl (C=O) groups excluding carboxylic acids is 3. The van der Waals surface area contributed by atoms with E-state index in [0.717, 1.165) is 5.56 Å². The molecule has 0 heterocycles. The number of rotatable bonds is 10. The number of nitrogens with one attached hydrogen (secondary N) is 2. The maximum Gasteiger partial charge on any atom is 0.340 e. The Morgan fingerprint density at radius 1 is 1.00 bits per heavy atom. The number of ether oxygens (including phenoxy) is 4. The summed E-state index contributed by atoms with van der Waals surface area (Å²) >= 11 is 0. The molecule has 0 aromatic heterocycles. The van der Waals surface area contributed by atoms with Crippen LogP contribution in [0.3, 0.4) is 0 Å². The molecule has 9 nitrogen and oxygen atoms in total. The van der Waals surface area contributed by atoms with Crippen molar-refractivity contribution in [3.05, 3.63) is 47.5 Å². The topological polar surface area (TPSA) is 112 Å². The zero-order valence-corrected chi connectivity index (χ0v) is 17.9. The van der Waals surface area contributed by atoms with Gasteiger partial charge >= 0.3 is 5.97 Å². The molecule has 0 aliphatic rings. The van der Waals surface area contributed by atoms with E-state index in [1.54, 1.807) is 0 Å². The van der Waals surface area contributed by atoms with Crippen LogP contribution in [0.2, 0.25) is 0 Å². The summed E-state index contributed by atoms with van der Waals surface area (Å²) in [5.74, 6) is -0.346. The lowest BCUT2D eigenvalue weighted by atomic mass is 10.1. The van der Waals surface area contributed by atoms with Crippen LogP contribution in [-0.4, -0.2) is 51.8 Å². The normalized spacial score (nSPS) is 10.1. The number of hydrogen-bond donors (Lipinski definition) is 2. The lowest BCUT2D eigenvalue weighted by Gasteiger charge is -2.14. The second kappa shape index (κ2) is 11.4. The molecule has 0 atom stereocenters. The van der Waals surface area contributed by atoms with Crippen molar-refractivity contribution in [1.82, 2.24) is 5.32 Å². The van der Waals surface area contributed by atoms with E-state index in [2.05, 4.69) is 10.6 Å². The Bertz CT molecular complexity index is 943. The van der Waals surface area contributed by atoms with Crippen LogP contribution < -0.4 is 24.8 Å². The van der Waals surface area contributed by atoms with E-state index in [0.29, 0.717) is 11.5 Å². The van der Waals surface area contributed by atoms with Crippen molar-refractivity contribution >= 4 is 23.5 Å². The molecular weight excluding hydrogens is 404 g/mol. The van der Waals surface area contributed by atoms with Crippen LogP contribution in [0.1, 0.15) is 22.8 Å². The summed E-state index contributed by atoms with van der Waals surface area (Å²) in [6.07, 6.45) is 0. The SMILES string of the molecule is COc1cc(NC(C)=O)c(C(=O)OCC(=O)NCCOc2cccc(C)c2)cc1OC. The van der Waals surface area contributed by atoms with Crippen LogP contribution in [0.15, 0.2) is 36.4 Å². The van der Waals surface area contributed by atoms with E-state index in [1.165, 1.54) is 33.3 Å². The lowest BCUT2D eigenvalue weighted by Crippen LogP contribution is -2.32. The molecule has 2 N–H and O–H groups in total. The van der Waals surface area contributed by atoms with Gasteiger partial charge in [0.05, 0.1) is 32.0 Å². The number of anilines is 1. The Morgan fingerprint density at radius 2 is 1.71 bits per heavy atom. The van der Waals surface area contributed by atoms with Gasteiger partial charge in [-0.15, -0.1) is 0 Å². The van der Waals surface area contributed by atoms with E-state index in [4.69, 9.17) is 18.9 Å². The first kappa shape index (κ1) is 23.5. The van der Waals surface area contributed by atoms with Gasteiger partial charge in [-0.05, 0) is 24.6 Å². The van der Waals surface area contributed by atoms with Gasteiger partial charge in [-0.1, -0.05) is 12.1 Å². The molecular formula is C22H26N2O7. The molecule has 2 amide bonds. The first-order valence-electron chi connectivity index (χ1n) is 9.51. The quantitative estimate of drug-likeness (QED) is 0.439. The first-order valence-corrected chi connectivity index (χ1v) is 9.51. The maximum atomic E-state index is 12.5. The third-order valence-corrected chi connectivity index (χ3v) is 4.07. The fourth-order valence-electron chi connectivity index (χ4n) is 2.67. The Kier molecular flexibility index (Phi) is 8.68. The van der Waals surface area contributed by atoms with E-state index in [1.807, 2.05) is 31.2 Å². The molecule has 166 valence electrons. The van der Waals surface area contributed by atoms with Gasteiger partial charge in [0.15, 0.2) is 18.1 Å². The predicted octanol–water partition coefficient (Wildman–Crippen LogP) is 2.32. The highest BCUT2D eigenvalue weighted by Gasteiger charge is 2.20. The minimum atomic E-state index is -0.795. The summed E-state index contributed by atoms with van der Waals surface area (Å²) < 4.78 is 21.0. The van der Waals surface area contributed by atoms with Gasteiger partial charge in [-0.25, -0.2) is 4.79 Å². The van der Waals surface area contributed by atoms with Crippen molar-refractivity contribution in [2.24, 2.45) is 0 Å². The molecule has 2 aromatic rings. The van der Waals surface area contributed by atoms with Crippen molar-refractivity contribution in [3.63, 3.8) is 0 Å². The summed E-state index contributed by atoms with van der Waals surface area (Å²) in [7, 11) is 2.84. The van der Waals surface area contributed by atoms with Gasteiger partial charge < -0.3 is 29.6 Å². The molecule has 0 aliphatic carbocycles. The average molecular weight is 430 g/mol. The van der Waals surface area contributed by atoms with E-state index >= 15 is 0 Å². The minimum absolute atomic E-state index is 0.0310. The summed E-state index contributed by atoms with van der Waals surface area (Å²) in [4.78, 5) is 35.9. The highest BCUT2D eigenvalue weighted by molar-refractivity contribution is 6.02. The molecule has 0 radical (unpaired) electrons. The Labute approximate surface area is 180 Å². The number of hydrogen-bond acceptors (Lipinski definition) is 7. The lowest BCUT2D eigenvalue weighted by molar-refractivity contribution is -0.124. The number of aryl methyl sites for hydroxylation is 1. The van der Waals surface area contributed by atoms with Gasteiger partial charge in [0.2, 0.25) is 5.91 Å². The zero-order chi connectivity index (χ0) is 22.8. The third kappa shape index (κ3) is 7.22. The third-order valence-electron chi connectivity index (χ3n) is 4.07. The molecule has 2 rings (SSSR count). The largest absolute Gasteiger partial charge is 0.493 e. The molecule has 0 unspecified atom stereocenters. The maximum absolute atomic E-state index is 12.5. The number of amides is 2. The van der Waals surface area contributed by atoms with E-state index < -0.39 is 18.5 Å². The molecule has 0 saturated heterocycles. The standard InChI is InChI=1S/C22H26N2O7/c1-14-6-5-7-16(10-14)30-9-8-23-21(26)13-31-22(27)17-11-19(28-3)20(29-4)12-18(17)24-15(2)25/h5-7,10-12H,8-9,13H2,1-4H3,(H,23,26)(H,24,25). The van der Waals surface area contributed by atoms with E-state index in [-0.39, 0.29) is 36.1 Å². The van der Waals surface area contributed by atoms with Crippen molar-refractivity contribution in [1.29, 1.82) is 0 Å². The molecule has 0 spiro atoms. The molecule has 9 heteroatoms. The molecule has 2 aromatic carbocycles. The number of methoxy groups -OCH3 is 2. The molecule has 0 aliphatic heterocycles. The van der Waals surface area contributed by atoms with Crippen LogP contribution in [-0.2, 0) is 14.3 Å². The summed E-state index contributed by atoms with van der Waals surface area (Å²) in [5.41, 5.74) is 1.28. The minimum Gasteiger partial charge on any atom is -0.493 e. The Balaban J connectivity index is 1.90. The summed E-state index contributed by atoms with van der Waals surface area (Å²) in [5, 5.41) is 5.14. The molecule has 0 fully saturated rings. The van der Waals surface area contributed by atoms with Crippen LogP contribution >= 0.6 is 0 Å². The van der Waals surface area contributed by atoms with Gasteiger partial charge in [-0.2, -0.15) is 0 Å². The second-order valence-corrected chi connectivity index (χ2v) is 6.53. The highest BCUT2D eigenvalue weighted by Crippen LogP contribution is 2.33. The van der Waals surface area contributed by atoms with Crippen LogP contribution in [0, 0.1) is 6.92 Å². The second-order valence-electron chi connectivity index (χ2n) is 6.53. The van der Waals surface area contributed by atoms with Crippen molar-refractivity contribution in [2.45, 2.75) is 13.8 Å². The van der Waals surface area contributed by atoms with Gasteiger partial charge in [0, 0.05) is 19.1 Å². The van der Waals surface area contributed by atoms with Gasteiger partial charge in [0.1, 0.15) is 12.4 Å². The Morgan fingerprint density at radius 3 is 2.35 bits per heavy atom. The monoisotopic (exact) mass is 430 g/mol. The molecule has 0 saturated carbocycles. The number of carbonyl (C=O) groups is 3. The van der Waals surface area contributed by atoms with Crippen molar-refractivity contribution in [3.8, 4) is 17.2 Å². The van der Waals surface area contributed by atoms with Crippen molar-refractivity contribution in [2.75, 3.05) is 39.3 Å². The summed E-state index contributed by atoms with van der Waals surface area (Å²) in [6, 6.07) is 10.4. The summed E-state index contributed by atoms with van der Waals surface area (Å²) in [6.45, 7) is 3.29. The predicted molar refractivity (Wildman–Crippen MR) is 114 cm³/mol. The molecule has 0 bridgehead atoms. The van der Waals surface area contributed by atoms with Crippen molar-refractivity contribution < 1.29 is 33.3 Å². The van der Waals surface area contributed by atoms with Gasteiger partial charge in [0.25, 0.3) is 5.91 Å². The fraction of sp³-hybridized carbons (Fsp3) is 0.318. The number of benzene rings is 2. The molecule has 31 heavy (non-hydrogen) atoms. The number of esters is 1.